The fourth-order valence-electron chi connectivity index (χ4n) is 1.64. The second-order valence-electron chi connectivity index (χ2n) is 3.95. The number of thiazole rings is 1. The number of ether oxygens (including phenoxy) is 1. The Kier molecular flexibility index (Phi) is 4.35. The molecule has 1 aromatic carbocycles. The molecule has 0 saturated heterocycles. The van der Waals surface area contributed by atoms with Crippen LogP contribution >= 0.6 is 11.3 Å². The molecule has 0 radical (unpaired) electrons. The van der Waals surface area contributed by atoms with Gasteiger partial charge in [0.2, 0.25) is 0 Å². The average molecular weight is 277 g/mol. The van der Waals surface area contributed by atoms with Gasteiger partial charge in [0.05, 0.1) is 35.3 Å². The minimum absolute atomic E-state index is 0.373. The second-order valence-corrected chi connectivity index (χ2v) is 4.67. The van der Waals surface area contributed by atoms with E-state index in [9.17, 15) is 4.79 Å². The summed E-state index contributed by atoms with van der Waals surface area (Å²) in [4.78, 5) is 15.6. The first-order chi connectivity index (χ1) is 9.20. The van der Waals surface area contributed by atoms with E-state index in [1.807, 2.05) is 10.9 Å². The highest BCUT2D eigenvalue weighted by atomic mass is 32.1. The third-order valence-corrected chi connectivity index (χ3v) is 3.29. The van der Waals surface area contributed by atoms with Crippen LogP contribution in [-0.2, 0) is 11.2 Å². The Balaban J connectivity index is 2.00. The molecule has 0 unspecified atom stereocenters. The third-order valence-electron chi connectivity index (χ3n) is 2.65. The van der Waals surface area contributed by atoms with E-state index in [4.69, 9.17) is 5.73 Å². The van der Waals surface area contributed by atoms with Crippen molar-refractivity contribution in [2.75, 3.05) is 24.7 Å². The Morgan fingerprint density at radius 2 is 2.37 bits per heavy atom. The molecule has 0 aliphatic rings. The number of nitrogens with one attached hydrogen (secondary N) is 1. The van der Waals surface area contributed by atoms with Gasteiger partial charge in [-0.2, -0.15) is 0 Å². The normalized spacial score (nSPS) is 10.2. The van der Waals surface area contributed by atoms with Gasteiger partial charge in [0.15, 0.2) is 0 Å². The van der Waals surface area contributed by atoms with Crippen LogP contribution in [0.15, 0.2) is 29.1 Å². The fourth-order valence-corrected chi connectivity index (χ4v) is 2.23. The molecular weight excluding hydrogens is 262 g/mol. The smallest absolute Gasteiger partial charge is 0.337 e. The summed E-state index contributed by atoms with van der Waals surface area (Å²) in [7, 11) is 1.36. The number of hydrogen-bond acceptors (Lipinski definition) is 6. The van der Waals surface area contributed by atoms with Gasteiger partial charge in [-0.1, -0.05) is 0 Å². The maximum absolute atomic E-state index is 11.4. The number of rotatable bonds is 5. The molecule has 1 aromatic heterocycles. The minimum Gasteiger partial charge on any atom is -0.465 e. The number of carbonyl (C=O) groups is 1. The lowest BCUT2D eigenvalue weighted by Gasteiger charge is -2.10. The van der Waals surface area contributed by atoms with E-state index in [1.54, 1.807) is 29.5 Å². The molecule has 2 aromatic rings. The van der Waals surface area contributed by atoms with Gasteiger partial charge >= 0.3 is 5.97 Å². The predicted molar refractivity (Wildman–Crippen MR) is 76.5 cm³/mol. The van der Waals surface area contributed by atoms with Crippen molar-refractivity contribution >= 4 is 28.7 Å². The van der Waals surface area contributed by atoms with Gasteiger partial charge < -0.3 is 15.8 Å². The summed E-state index contributed by atoms with van der Waals surface area (Å²) >= 11 is 1.57. The number of methoxy groups -OCH3 is 1. The molecule has 0 amide bonds. The molecule has 19 heavy (non-hydrogen) atoms. The van der Waals surface area contributed by atoms with E-state index >= 15 is 0 Å². The van der Waals surface area contributed by atoms with Gasteiger partial charge in [-0.25, -0.2) is 9.78 Å². The summed E-state index contributed by atoms with van der Waals surface area (Å²) in [6.45, 7) is 0.707. The maximum Gasteiger partial charge on any atom is 0.337 e. The van der Waals surface area contributed by atoms with Crippen LogP contribution in [0.1, 0.15) is 16.1 Å². The van der Waals surface area contributed by atoms with Gasteiger partial charge in [-0.15, -0.1) is 11.3 Å². The zero-order valence-corrected chi connectivity index (χ0v) is 11.4. The van der Waals surface area contributed by atoms with Crippen molar-refractivity contribution < 1.29 is 9.53 Å². The first kappa shape index (κ1) is 13.4. The molecule has 2 rings (SSSR count). The molecule has 0 aliphatic heterocycles. The van der Waals surface area contributed by atoms with Crippen molar-refractivity contribution in [3.05, 3.63) is 40.3 Å². The van der Waals surface area contributed by atoms with E-state index in [2.05, 4.69) is 15.0 Å². The lowest BCUT2D eigenvalue weighted by Crippen LogP contribution is -2.09. The molecule has 6 heteroatoms. The molecule has 0 aliphatic carbocycles. The van der Waals surface area contributed by atoms with Gasteiger partial charge in [0, 0.05) is 18.3 Å². The van der Waals surface area contributed by atoms with E-state index in [-0.39, 0.29) is 5.97 Å². The standard InChI is InChI=1S/C13H15N3O2S/c1-18-13(17)9-2-3-11(14)12(6-9)15-5-4-10-7-19-8-16-10/h2-3,6-8,15H,4-5,14H2,1H3. The zero-order chi connectivity index (χ0) is 13.7. The molecule has 3 N–H and O–H groups in total. The Labute approximate surface area is 115 Å². The lowest BCUT2D eigenvalue weighted by molar-refractivity contribution is 0.0601. The lowest BCUT2D eigenvalue weighted by atomic mass is 10.1. The molecule has 0 bridgehead atoms. The summed E-state index contributed by atoms with van der Waals surface area (Å²) in [5.74, 6) is -0.373. The fraction of sp³-hybridized carbons (Fsp3) is 0.231. The molecule has 0 fully saturated rings. The molecule has 100 valence electrons. The van der Waals surface area contributed by atoms with Gasteiger partial charge in [0.1, 0.15) is 0 Å². The molecule has 0 spiro atoms. The summed E-state index contributed by atoms with van der Waals surface area (Å²) in [5.41, 5.74) is 10.5. The Morgan fingerprint density at radius 1 is 1.53 bits per heavy atom. The van der Waals surface area contributed by atoms with Crippen LogP contribution in [-0.4, -0.2) is 24.6 Å². The number of hydrogen-bond donors (Lipinski definition) is 2. The number of nitrogen functional groups attached to an aromatic ring is 1. The Bertz CT molecular complexity index is 555. The van der Waals surface area contributed by atoms with Gasteiger partial charge in [-0.05, 0) is 18.2 Å². The summed E-state index contributed by atoms with van der Waals surface area (Å²) < 4.78 is 4.68. The van der Waals surface area contributed by atoms with Crippen LogP contribution in [0.5, 0.6) is 0 Å². The highest BCUT2D eigenvalue weighted by Gasteiger charge is 2.08. The van der Waals surface area contributed by atoms with Crippen LogP contribution in [0.25, 0.3) is 0 Å². The number of nitrogens with two attached hydrogens (primary N) is 1. The molecule has 1 heterocycles. The quantitative estimate of drug-likeness (QED) is 0.647. The second kappa shape index (κ2) is 6.19. The summed E-state index contributed by atoms with van der Waals surface area (Å²) in [6, 6.07) is 5.03. The highest BCUT2D eigenvalue weighted by Crippen LogP contribution is 2.20. The van der Waals surface area contributed by atoms with Crippen molar-refractivity contribution in [2.24, 2.45) is 0 Å². The number of esters is 1. The molecular formula is C13H15N3O2S. The van der Waals surface area contributed by atoms with Crippen LogP contribution in [0.4, 0.5) is 11.4 Å². The monoisotopic (exact) mass is 277 g/mol. The molecule has 0 saturated carbocycles. The predicted octanol–water partition coefficient (Wildman–Crippen LogP) is 2.17. The SMILES string of the molecule is COC(=O)c1ccc(N)c(NCCc2cscn2)c1. The van der Waals surface area contributed by atoms with Crippen molar-refractivity contribution in [3.63, 3.8) is 0 Å². The van der Waals surface area contributed by atoms with Gasteiger partial charge in [0.25, 0.3) is 0 Å². The van der Waals surface area contributed by atoms with Crippen LogP contribution in [0.3, 0.4) is 0 Å². The maximum atomic E-state index is 11.4. The summed E-state index contributed by atoms with van der Waals surface area (Å²) in [6.07, 6.45) is 0.811. The topological polar surface area (TPSA) is 77.2 Å². The highest BCUT2D eigenvalue weighted by molar-refractivity contribution is 7.07. The van der Waals surface area contributed by atoms with Crippen molar-refractivity contribution in [3.8, 4) is 0 Å². The number of benzene rings is 1. The molecule has 0 atom stereocenters. The largest absolute Gasteiger partial charge is 0.465 e. The van der Waals surface area contributed by atoms with E-state index in [0.29, 0.717) is 17.8 Å². The van der Waals surface area contributed by atoms with Crippen molar-refractivity contribution in [2.45, 2.75) is 6.42 Å². The minimum atomic E-state index is -0.373. The Hall–Kier alpha value is -2.08. The van der Waals surface area contributed by atoms with Crippen molar-refractivity contribution in [1.82, 2.24) is 4.98 Å². The first-order valence-corrected chi connectivity index (χ1v) is 6.74. The number of anilines is 2. The number of nitrogens with zero attached hydrogens (tertiary/aromatic N) is 1. The third kappa shape index (κ3) is 3.45. The molecule has 5 nitrogen and oxygen atoms in total. The average Bonchev–Trinajstić information content (AvgIpc) is 2.93. The first-order valence-electron chi connectivity index (χ1n) is 5.79. The van der Waals surface area contributed by atoms with E-state index in [1.165, 1.54) is 7.11 Å². The number of carbonyl (C=O) groups excluding carboxylic acids is 1. The number of aromatic nitrogens is 1. The van der Waals surface area contributed by atoms with E-state index in [0.717, 1.165) is 17.8 Å². The van der Waals surface area contributed by atoms with Crippen molar-refractivity contribution in [1.29, 1.82) is 0 Å². The van der Waals surface area contributed by atoms with Gasteiger partial charge in [-0.3, -0.25) is 0 Å². The van der Waals surface area contributed by atoms with Crippen LogP contribution in [0, 0.1) is 0 Å². The van der Waals surface area contributed by atoms with Crippen LogP contribution in [0.2, 0.25) is 0 Å². The summed E-state index contributed by atoms with van der Waals surface area (Å²) in [5, 5.41) is 5.21. The van der Waals surface area contributed by atoms with Crippen LogP contribution < -0.4 is 11.1 Å². The zero-order valence-electron chi connectivity index (χ0n) is 10.6. The van der Waals surface area contributed by atoms with E-state index < -0.39 is 0 Å². The Morgan fingerprint density at radius 3 is 3.05 bits per heavy atom.